The molecule has 1 amide bonds. The van der Waals surface area contributed by atoms with Gasteiger partial charge in [-0.15, -0.1) is 27.0 Å². The number of aryl methyl sites for hydroxylation is 1. The van der Waals surface area contributed by atoms with Crippen LogP contribution in [-0.4, -0.2) is 36.6 Å². The number of ether oxygens (including phenoxy) is 1. The molecule has 1 unspecified atom stereocenters. The Kier molecular flexibility index (Phi) is 8.34. The summed E-state index contributed by atoms with van der Waals surface area (Å²) in [5, 5.41) is 22.2. The Hall–Kier alpha value is -2.72. The quantitative estimate of drug-likeness (QED) is 0.289. The van der Waals surface area contributed by atoms with E-state index in [0.29, 0.717) is 28.6 Å². The molecule has 0 spiro atoms. The van der Waals surface area contributed by atoms with Crippen LogP contribution < -0.4 is 10.1 Å². The summed E-state index contributed by atoms with van der Waals surface area (Å²) in [5.74, 6) is 2.02. The van der Waals surface area contributed by atoms with E-state index in [2.05, 4.69) is 32.3 Å². The van der Waals surface area contributed by atoms with Crippen LogP contribution in [0.15, 0.2) is 42.1 Å². The van der Waals surface area contributed by atoms with Crippen LogP contribution in [0.4, 0.5) is 5.13 Å². The lowest BCUT2D eigenvalue weighted by molar-refractivity contribution is -0.113. The summed E-state index contributed by atoms with van der Waals surface area (Å²) >= 11 is 2.81. The Morgan fingerprint density at radius 3 is 2.82 bits per heavy atom. The number of para-hydroxylation sites is 1. The van der Waals surface area contributed by atoms with Crippen molar-refractivity contribution in [2.45, 2.75) is 69.7 Å². The number of carbonyl (C=O) groups is 1. The molecule has 34 heavy (non-hydrogen) atoms. The molecule has 1 atom stereocenters. The Morgan fingerprint density at radius 2 is 2.06 bits per heavy atom. The molecular formula is C24H30N6O2S2. The number of aromatic nitrogens is 5. The van der Waals surface area contributed by atoms with Gasteiger partial charge in [-0.3, -0.25) is 14.7 Å². The molecule has 3 aromatic rings. The smallest absolute Gasteiger partial charge is 0.236 e. The Labute approximate surface area is 208 Å². The predicted molar refractivity (Wildman–Crippen MR) is 136 cm³/mol. The van der Waals surface area contributed by atoms with E-state index >= 15 is 0 Å². The number of nitrogens with one attached hydrogen (secondary N) is 1. The van der Waals surface area contributed by atoms with E-state index in [1.165, 1.54) is 42.4 Å². The lowest BCUT2D eigenvalue weighted by atomic mass is 9.90. The number of nitrogens with zero attached hydrogens (tertiary/aromatic N) is 5. The van der Waals surface area contributed by atoms with E-state index in [4.69, 9.17) is 4.74 Å². The third kappa shape index (κ3) is 6.04. The summed E-state index contributed by atoms with van der Waals surface area (Å²) in [6, 6.07) is 7.87. The van der Waals surface area contributed by atoms with Gasteiger partial charge in [-0.25, -0.2) is 0 Å². The summed E-state index contributed by atoms with van der Waals surface area (Å²) < 4.78 is 8.06. The molecule has 1 fully saturated rings. The molecule has 1 N–H and O–H groups in total. The van der Waals surface area contributed by atoms with E-state index in [1.807, 2.05) is 42.7 Å². The van der Waals surface area contributed by atoms with E-state index < -0.39 is 0 Å². The van der Waals surface area contributed by atoms with Crippen LogP contribution >= 0.6 is 23.1 Å². The second kappa shape index (κ2) is 11.6. The zero-order chi connectivity index (χ0) is 23.9. The molecule has 2 aromatic heterocycles. The van der Waals surface area contributed by atoms with Crippen molar-refractivity contribution in [3.05, 3.63) is 53.3 Å². The molecule has 2 heterocycles. The Morgan fingerprint density at radius 1 is 1.26 bits per heavy atom. The van der Waals surface area contributed by atoms with Gasteiger partial charge in [-0.1, -0.05) is 66.6 Å². The summed E-state index contributed by atoms with van der Waals surface area (Å²) in [6.45, 7) is 8.32. The number of hydrogen-bond donors (Lipinski definition) is 1. The van der Waals surface area contributed by atoms with Crippen molar-refractivity contribution in [1.29, 1.82) is 0 Å². The van der Waals surface area contributed by atoms with Gasteiger partial charge in [0, 0.05) is 12.5 Å². The lowest BCUT2D eigenvalue weighted by Crippen LogP contribution is -2.15. The van der Waals surface area contributed by atoms with Crippen LogP contribution in [0.5, 0.6) is 5.75 Å². The van der Waals surface area contributed by atoms with Crippen molar-refractivity contribution in [2.24, 2.45) is 0 Å². The molecule has 0 saturated heterocycles. The van der Waals surface area contributed by atoms with Crippen molar-refractivity contribution in [1.82, 2.24) is 25.0 Å². The average molecular weight is 499 g/mol. The van der Waals surface area contributed by atoms with Gasteiger partial charge in [0.05, 0.1) is 5.75 Å². The van der Waals surface area contributed by atoms with Gasteiger partial charge in [0.1, 0.15) is 10.8 Å². The molecule has 8 nitrogen and oxygen atoms in total. The van der Waals surface area contributed by atoms with E-state index in [-0.39, 0.29) is 17.8 Å². The van der Waals surface area contributed by atoms with Gasteiger partial charge in [0.15, 0.2) is 17.1 Å². The van der Waals surface area contributed by atoms with Gasteiger partial charge in [-0.05, 0) is 38.3 Å². The SMILES string of the molecule is C=CCn1c(SCC(=O)Nc2nnc(C3CCCCC3)s2)nnc1C(C)Oc1ccccc1C. The lowest BCUT2D eigenvalue weighted by Gasteiger charge is -2.18. The van der Waals surface area contributed by atoms with Gasteiger partial charge in [0.25, 0.3) is 0 Å². The summed E-state index contributed by atoms with van der Waals surface area (Å²) in [6.07, 6.45) is 7.57. The van der Waals surface area contributed by atoms with E-state index in [1.54, 1.807) is 6.08 Å². The number of thioether (sulfide) groups is 1. The first kappa shape index (κ1) is 24.4. The van der Waals surface area contributed by atoms with Gasteiger partial charge in [-0.2, -0.15) is 0 Å². The van der Waals surface area contributed by atoms with Gasteiger partial charge >= 0.3 is 0 Å². The fourth-order valence-electron chi connectivity index (χ4n) is 4.03. The second-order valence-electron chi connectivity index (χ2n) is 8.38. The van der Waals surface area contributed by atoms with Crippen LogP contribution in [0.2, 0.25) is 0 Å². The average Bonchev–Trinajstić information content (AvgIpc) is 3.47. The molecule has 10 heteroatoms. The molecule has 0 aliphatic heterocycles. The van der Waals surface area contributed by atoms with Crippen molar-refractivity contribution < 1.29 is 9.53 Å². The summed E-state index contributed by atoms with van der Waals surface area (Å²) in [5.41, 5.74) is 1.05. The largest absolute Gasteiger partial charge is 0.482 e. The van der Waals surface area contributed by atoms with Crippen molar-refractivity contribution in [3.63, 3.8) is 0 Å². The third-order valence-electron chi connectivity index (χ3n) is 5.79. The molecule has 1 aliphatic carbocycles. The second-order valence-corrected chi connectivity index (χ2v) is 10.3. The van der Waals surface area contributed by atoms with Crippen LogP contribution in [0.3, 0.4) is 0 Å². The monoisotopic (exact) mass is 498 g/mol. The molecule has 0 radical (unpaired) electrons. The van der Waals surface area contributed by atoms with E-state index in [9.17, 15) is 4.79 Å². The number of amides is 1. The maximum absolute atomic E-state index is 12.6. The fraction of sp³-hybridized carbons (Fsp3) is 0.458. The number of rotatable bonds is 10. The standard InChI is InChI=1S/C24H30N6O2S2/c1-4-14-30-21(17(3)32-19-13-9-8-10-16(19)2)26-29-24(30)33-15-20(31)25-23-28-27-22(34-23)18-11-6-5-7-12-18/h4,8-10,13,17-18H,1,5-7,11-12,14-15H2,2-3H3,(H,25,28,31). The maximum Gasteiger partial charge on any atom is 0.236 e. The molecule has 180 valence electrons. The first-order chi connectivity index (χ1) is 16.5. The minimum Gasteiger partial charge on any atom is -0.482 e. The number of anilines is 1. The highest BCUT2D eigenvalue weighted by Gasteiger charge is 2.22. The highest BCUT2D eigenvalue weighted by atomic mass is 32.2. The Balaban J connectivity index is 1.36. The first-order valence-electron chi connectivity index (χ1n) is 11.6. The predicted octanol–water partition coefficient (Wildman–Crippen LogP) is 5.54. The summed E-state index contributed by atoms with van der Waals surface area (Å²) in [4.78, 5) is 12.6. The van der Waals surface area contributed by atoms with Gasteiger partial charge in [0.2, 0.25) is 11.0 Å². The number of benzene rings is 1. The van der Waals surface area contributed by atoms with Crippen molar-refractivity contribution >= 4 is 34.1 Å². The van der Waals surface area contributed by atoms with Crippen LogP contribution in [0.1, 0.15) is 67.4 Å². The molecule has 1 aromatic carbocycles. The minimum absolute atomic E-state index is 0.143. The van der Waals surface area contributed by atoms with Crippen LogP contribution in [0.25, 0.3) is 0 Å². The minimum atomic E-state index is -0.309. The number of hydrogen-bond acceptors (Lipinski definition) is 8. The molecule has 1 saturated carbocycles. The number of allylic oxidation sites excluding steroid dienone is 1. The van der Waals surface area contributed by atoms with Crippen molar-refractivity contribution in [3.8, 4) is 5.75 Å². The number of carbonyl (C=O) groups excluding carboxylic acids is 1. The maximum atomic E-state index is 12.6. The Bertz CT molecular complexity index is 1120. The zero-order valence-electron chi connectivity index (χ0n) is 19.6. The zero-order valence-corrected chi connectivity index (χ0v) is 21.2. The van der Waals surface area contributed by atoms with Crippen LogP contribution in [0, 0.1) is 6.92 Å². The van der Waals surface area contributed by atoms with Crippen molar-refractivity contribution in [2.75, 3.05) is 11.1 Å². The molecule has 1 aliphatic rings. The van der Waals surface area contributed by atoms with Crippen LogP contribution in [-0.2, 0) is 11.3 Å². The van der Waals surface area contributed by atoms with E-state index in [0.717, 1.165) is 29.2 Å². The molecular weight excluding hydrogens is 468 g/mol. The third-order valence-corrected chi connectivity index (χ3v) is 7.76. The molecule has 4 rings (SSSR count). The highest BCUT2D eigenvalue weighted by molar-refractivity contribution is 7.99. The topological polar surface area (TPSA) is 94.8 Å². The summed E-state index contributed by atoms with van der Waals surface area (Å²) in [7, 11) is 0. The first-order valence-corrected chi connectivity index (χ1v) is 13.4. The van der Waals surface area contributed by atoms with Gasteiger partial charge < -0.3 is 4.74 Å². The normalized spacial score (nSPS) is 15.1. The molecule has 0 bridgehead atoms. The highest BCUT2D eigenvalue weighted by Crippen LogP contribution is 2.35. The fourth-order valence-corrected chi connectivity index (χ4v) is 5.71.